The summed E-state index contributed by atoms with van der Waals surface area (Å²) in [7, 11) is 0. The zero-order valence-electron chi connectivity index (χ0n) is 30.7. The van der Waals surface area contributed by atoms with Crippen molar-refractivity contribution in [2.75, 3.05) is 16.3 Å². The summed E-state index contributed by atoms with van der Waals surface area (Å²) in [4.78, 5) is 5.03. The number of hydrogen-bond donors (Lipinski definition) is 0. The molecule has 0 bridgehead atoms. The van der Waals surface area contributed by atoms with Crippen LogP contribution in [0.4, 0.5) is 22.7 Å². The number of para-hydroxylation sites is 2. The summed E-state index contributed by atoms with van der Waals surface area (Å²) < 4.78 is 0. The van der Waals surface area contributed by atoms with E-state index in [1.54, 1.807) is 0 Å². The Morgan fingerprint density at radius 3 is 2.10 bits per heavy atom. The molecule has 0 fully saturated rings. The topological polar surface area (TPSA) is 6.48 Å². The lowest BCUT2D eigenvalue weighted by Gasteiger charge is -2.42. The molecule has 2 aliphatic heterocycles. The maximum atomic E-state index is 2.53. The van der Waals surface area contributed by atoms with Crippen molar-refractivity contribution in [3.63, 3.8) is 0 Å². The SMILES string of the molecule is CC1(C)CCN(c2cccc3c(/C=C/c4ccc5c(c4)C(C)(C)c4cc(N6c7ccccc7C=CC6(C)C)ccc4-5)cccc23)c2ccccc21. The van der Waals surface area contributed by atoms with Crippen LogP contribution in [0.15, 0.2) is 127 Å². The zero-order chi connectivity index (χ0) is 35.1. The Hall–Kier alpha value is -5.34. The Kier molecular flexibility index (Phi) is 7.03. The van der Waals surface area contributed by atoms with E-state index in [2.05, 4.69) is 197 Å². The van der Waals surface area contributed by atoms with Gasteiger partial charge in [-0.05, 0) is 106 Å². The maximum Gasteiger partial charge on any atom is 0.0580 e. The van der Waals surface area contributed by atoms with Crippen LogP contribution < -0.4 is 9.80 Å². The van der Waals surface area contributed by atoms with Gasteiger partial charge in [0.25, 0.3) is 0 Å². The summed E-state index contributed by atoms with van der Waals surface area (Å²) in [5, 5.41) is 2.58. The molecule has 2 heteroatoms. The molecule has 0 N–H and O–H groups in total. The molecule has 0 spiro atoms. The first-order valence-corrected chi connectivity index (χ1v) is 18.5. The minimum absolute atomic E-state index is 0.118. The molecule has 0 radical (unpaired) electrons. The van der Waals surface area contributed by atoms with Gasteiger partial charge in [-0.1, -0.05) is 143 Å². The van der Waals surface area contributed by atoms with Gasteiger partial charge in [0.2, 0.25) is 0 Å². The van der Waals surface area contributed by atoms with E-state index < -0.39 is 0 Å². The third-order valence-corrected chi connectivity index (χ3v) is 11.9. The highest BCUT2D eigenvalue weighted by atomic mass is 15.2. The minimum Gasteiger partial charge on any atom is -0.341 e. The van der Waals surface area contributed by atoms with Crippen molar-refractivity contribution in [1.82, 2.24) is 0 Å². The van der Waals surface area contributed by atoms with Crippen molar-refractivity contribution >= 4 is 51.8 Å². The highest BCUT2D eigenvalue weighted by Gasteiger charge is 2.38. The lowest BCUT2D eigenvalue weighted by atomic mass is 9.77. The highest BCUT2D eigenvalue weighted by Crippen LogP contribution is 2.52. The van der Waals surface area contributed by atoms with Crippen molar-refractivity contribution in [3.05, 3.63) is 161 Å². The van der Waals surface area contributed by atoms with Gasteiger partial charge in [-0.15, -0.1) is 0 Å². The first-order valence-electron chi connectivity index (χ1n) is 18.5. The van der Waals surface area contributed by atoms with Crippen LogP contribution >= 0.6 is 0 Å². The van der Waals surface area contributed by atoms with E-state index in [1.807, 2.05) is 0 Å². The van der Waals surface area contributed by atoms with E-state index in [9.17, 15) is 0 Å². The van der Waals surface area contributed by atoms with E-state index in [4.69, 9.17) is 0 Å². The first kappa shape index (κ1) is 31.6. The third kappa shape index (κ3) is 4.99. The molecule has 0 unspecified atom stereocenters. The fourth-order valence-electron chi connectivity index (χ4n) is 9.03. The van der Waals surface area contributed by atoms with Gasteiger partial charge in [-0.2, -0.15) is 0 Å². The Bertz CT molecular complexity index is 2420. The van der Waals surface area contributed by atoms with Crippen LogP contribution in [-0.4, -0.2) is 12.1 Å². The van der Waals surface area contributed by atoms with Gasteiger partial charge >= 0.3 is 0 Å². The Morgan fingerprint density at radius 2 is 1.25 bits per heavy atom. The summed E-state index contributed by atoms with van der Waals surface area (Å²) in [5.74, 6) is 0. The van der Waals surface area contributed by atoms with Crippen molar-refractivity contribution in [1.29, 1.82) is 0 Å². The standard InChI is InChI=1S/C49H46N2/c1-47(2)29-30-50(46-19-10-8-17-41(46)47)45-20-12-15-37-34(14-11-16-40(37)45)23-21-33-22-25-38-39-26-24-36(32-43(39)49(5,6)42(38)31-33)51-44-18-9-7-13-35(44)27-28-48(51,3)4/h7-28,31-32H,29-30H2,1-6H3/b23-21+. The van der Waals surface area contributed by atoms with E-state index in [1.165, 1.54) is 78.0 Å². The molecule has 3 aliphatic rings. The molecule has 2 nitrogen and oxygen atoms in total. The van der Waals surface area contributed by atoms with Crippen LogP contribution in [0.25, 0.3) is 40.1 Å². The number of rotatable bonds is 4. The van der Waals surface area contributed by atoms with Crippen molar-refractivity contribution in [3.8, 4) is 11.1 Å². The van der Waals surface area contributed by atoms with E-state index in [0.717, 1.165) is 13.0 Å². The van der Waals surface area contributed by atoms with Gasteiger partial charge in [0, 0.05) is 40.1 Å². The van der Waals surface area contributed by atoms with Gasteiger partial charge in [0.05, 0.1) is 5.54 Å². The first-order chi connectivity index (χ1) is 24.5. The molecule has 0 saturated carbocycles. The summed E-state index contributed by atoms with van der Waals surface area (Å²) in [5.41, 5.74) is 15.7. The predicted octanol–water partition coefficient (Wildman–Crippen LogP) is 13.1. The summed E-state index contributed by atoms with van der Waals surface area (Å²) >= 11 is 0. The monoisotopic (exact) mass is 662 g/mol. The Morgan fingerprint density at radius 1 is 0.569 bits per heavy atom. The Balaban J connectivity index is 1.05. The molecule has 9 rings (SSSR count). The number of fused-ring (bicyclic) bond motifs is 6. The fourth-order valence-corrected chi connectivity index (χ4v) is 9.03. The second-order valence-corrected chi connectivity index (χ2v) is 16.4. The molecular formula is C49H46N2. The third-order valence-electron chi connectivity index (χ3n) is 11.9. The van der Waals surface area contributed by atoms with Crippen LogP contribution in [0.3, 0.4) is 0 Å². The van der Waals surface area contributed by atoms with E-state index in [-0.39, 0.29) is 16.4 Å². The van der Waals surface area contributed by atoms with Crippen molar-refractivity contribution < 1.29 is 0 Å². The van der Waals surface area contributed by atoms with Gasteiger partial charge in [-0.25, -0.2) is 0 Å². The molecule has 6 aromatic carbocycles. The van der Waals surface area contributed by atoms with Crippen LogP contribution in [0.1, 0.15) is 81.3 Å². The Labute approximate surface area is 303 Å². The molecule has 0 saturated heterocycles. The molecular weight excluding hydrogens is 617 g/mol. The second kappa shape index (κ2) is 11.3. The summed E-state index contributed by atoms with van der Waals surface area (Å²) in [6, 6.07) is 45.4. The molecule has 2 heterocycles. The quantitative estimate of drug-likeness (QED) is 0.173. The number of anilines is 4. The normalized spacial score (nSPS) is 17.7. The predicted molar refractivity (Wildman–Crippen MR) is 220 cm³/mol. The smallest absolute Gasteiger partial charge is 0.0580 e. The highest BCUT2D eigenvalue weighted by molar-refractivity contribution is 6.02. The molecule has 1 aliphatic carbocycles. The summed E-state index contributed by atoms with van der Waals surface area (Å²) in [6.45, 7) is 15.1. The fraction of sp³-hybridized carbons (Fsp3) is 0.224. The molecule has 0 amide bonds. The van der Waals surface area contributed by atoms with Gasteiger partial charge in [0.15, 0.2) is 0 Å². The largest absolute Gasteiger partial charge is 0.341 e. The molecule has 0 aromatic heterocycles. The molecule has 0 atom stereocenters. The van der Waals surface area contributed by atoms with Crippen LogP contribution in [-0.2, 0) is 10.8 Å². The van der Waals surface area contributed by atoms with Crippen molar-refractivity contribution in [2.45, 2.75) is 64.3 Å². The maximum absolute atomic E-state index is 2.53. The lowest BCUT2D eigenvalue weighted by molar-refractivity contribution is 0.467. The van der Waals surface area contributed by atoms with Crippen LogP contribution in [0.2, 0.25) is 0 Å². The average molecular weight is 663 g/mol. The van der Waals surface area contributed by atoms with Gasteiger partial charge < -0.3 is 9.80 Å². The van der Waals surface area contributed by atoms with E-state index in [0.29, 0.717) is 0 Å². The van der Waals surface area contributed by atoms with Gasteiger partial charge in [-0.3, -0.25) is 0 Å². The lowest BCUT2D eigenvalue weighted by Crippen LogP contribution is -2.40. The van der Waals surface area contributed by atoms with Crippen LogP contribution in [0, 0.1) is 0 Å². The summed E-state index contributed by atoms with van der Waals surface area (Å²) in [6.07, 6.45) is 10.3. The molecule has 6 aromatic rings. The van der Waals surface area contributed by atoms with Gasteiger partial charge in [0.1, 0.15) is 0 Å². The number of benzene rings is 6. The van der Waals surface area contributed by atoms with Crippen molar-refractivity contribution in [2.24, 2.45) is 0 Å². The van der Waals surface area contributed by atoms with Crippen LogP contribution in [0.5, 0.6) is 0 Å². The van der Waals surface area contributed by atoms with E-state index >= 15 is 0 Å². The number of hydrogen-bond acceptors (Lipinski definition) is 2. The number of nitrogens with zero attached hydrogens (tertiary/aromatic N) is 2. The zero-order valence-corrected chi connectivity index (χ0v) is 30.7. The molecule has 252 valence electrons. The second-order valence-electron chi connectivity index (χ2n) is 16.4. The average Bonchev–Trinajstić information content (AvgIpc) is 3.35. The minimum atomic E-state index is -0.131. The molecule has 51 heavy (non-hydrogen) atoms.